The molecule has 1 aliphatic rings. The van der Waals surface area contributed by atoms with Gasteiger partial charge in [-0.2, -0.15) is 5.10 Å². The quantitative estimate of drug-likeness (QED) is 0.193. The van der Waals surface area contributed by atoms with Crippen molar-refractivity contribution in [1.82, 2.24) is 14.7 Å². The van der Waals surface area contributed by atoms with Crippen LogP contribution in [0.4, 0.5) is 4.39 Å². The maximum Gasteiger partial charge on any atom is 0.266 e. The Hall–Kier alpha value is -3.75. The number of nitrogens with zero attached hydrogens (tertiary/aromatic N) is 3. The van der Waals surface area contributed by atoms with E-state index in [1.807, 2.05) is 80.7 Å². The fourth-order valence-corrected chi connectivity index (χ4v) is 5.50. The van der Waals surface area contributed by atoms with Gasteiger partial charge in [0.05, 0.1) is 16.3 Å². The van der Waals surface area contributed by atoms with Crippen molar-refractivity contribution in [2.24, 2.45) is 0 Å². The van der Waals surface area contributed by atoms with Gasteiger partial charge in [0.1, 0.15) is 22.5 Å². The van der Waals surface area contributed by atoms with Crippen molar-refractivity contribution in [3.63, 3.8) is 0 Å². The van der Waals surface area contributed by atoms with Crippen LogP contribution in [0, 0.1) is 5.82 Å². The SMILES string of the molecule is CC(C)N1C(=O)C(=Cc2cn(-c3ccccc3)nc2-c2ccc(OCc3ccccc3F)cc2)SC1=S. The second-order valence-electron chi connectivity index (χ2n) is 8.76. The molecule has 5 rings (SSSR count). The number of hydrogen-bond donors (Lipinski definition) is 0. The molecule has 1 aliphatic heterocycles. The molecule has 0 saturated carbocycles. The highest BCUT2D eigenvalue weighted by Gasteiger charge is 2.34. The average Bonchev–Trinajstić information content (AvgIpc) is 3.44. The number of ether oxygens (including phenoxy) is 1. The predicted molar refractivity (Wildman–Crippen MR) is 150 cm³/mol. The molecule has 1 aromatic heterocycles. The van der Waals surface area contributed by atoms with Gasteiger partial charge in [0.2, 0.25) is 0 Å². The minimum atomic E-state index is -0.293. The largest absolute Gasteiger partial charge is 0.489 e. The van der Waals surface area contributed by atoms with Crippen LogP contribution >= 0.6 is 24.0 Å². The van der Waals surface area contributed by atoms with Gasteiger partial charge in [0, 0.05) is 28.9 Å². The van der Waals surface area contributed by atoms with Gasteiger partial charge >= 0.3 is 0 Å². The monoisotopic (exact) mass is 529 g/mol. The van der Waals surface area contributed by atoms with Crippen molar-refractivity contribution >= 4 is 40.3 Å². The number of hydrogen-bond acceptors (Lipinski definition) is 5. The van der Waals surface area contributed by atoms with Crippen LogP contribution in [0.25, 0.3) is 23.0 Å². The molecule has 1 saturated heterocycles. The Labute approximate surface area is 224 Å². The third kappa shape index (κ3) is 5.35. The molecule has 2 heterocycles. The molecule has 37 heavy (non-hydrogen) atoms. The van der Waals surface area contributed by atoms with Crippen LogP contribution in [0.3, 0.4) is 0 Å². The number of benzene rings is 3. The summed E-state index contributed by atoms with van der Waals surface area (Å²) in [6.07, 6.45) is 3.77. The second kappa shape index (κ2) is 10.7. The summed E-state index contributed by atoms with van der Waals surface area (Å²) in [5, 5.41) is 4.84. The Bertz CT molecular complexity index is 1480. The number of carbonyl (C=O) groups excluding carboxylic acids is 1. The molecular formula is C29H24FN3O2S2. The Morgan fingerprint density at radius 3 is 2.41 bits per heavy atom. The average molecular weight is 530 g/mol. The highest BCUT2D eigenvalue weighted by atomic mass is 32.2. The van der Waals surface area contributed by atoms with E-state index in [1.54, 1.807) is 27.8 Å². The lowest BCUT2D eigenvalue weighted by molar-refractivity contribution is -0.123. The Morgan fingerprint density at radius 1 is 1.03 bits per heavy atom. The molecule has 3 aromatic carbocycles. The summed E-state index contributed by atoms with van der Waals surface area (Å²) in [4.78, 5) is 15.2. The van der Waals surface area contributed by atoms with E-state index in [4.69, 9.17) is 22.1 Å². The normalized spacial score (nSPS) is 14.7. The Balaban J connectivity index is 1.46. The topological polar surface area (TPSA) is 47.4 Å². The van der Waals surface area contributed by atoms with Crippen LogP contribution < -0.4 is 4.74 Å². The van der Waals surface area contributed by atoms with Crippen molar-refractivity contribution in [1.29, 1.82) is 0 Å². The van der Waals surface area contributed by atoms with Crippen molar-refractivity contribution in [3.8, 4) is 22.7 Å². The number of rotatable bonds is 7. The van der Waals surface area contributed by atoms with Crippen LogP contribution in [-0.4, -0.2) is 30.9 Å². The smallest absolute Gasteiger partial charge is 0.266 e. The van der Waals surface area contributed by atoms with Crippen LogP contribution in [0.1, 0.15) is 25.0 Å². The van der Waals surface area contributed by atoms with Gasteiger partial charge in [-0.25, -0.2) is 9.07 Å². The first-order valence-electron chi connectivity index (χ1n) is 11.8. The molecule has 1 fully saturated rings. The first kappa shape index (κ1) is 24.9. The van der Waals surface area contributed by atoms with Crippen molar-refractivity contribution in [2.75, 3.05) is 0 Å². The lowest BCUT2D eigenvalue weighted by atomic mass is 10.1. The summed E-state index contributed by atoms with van der Waals surface area (Å²) in [7, 11) is 0. The molecule has 5 nitrogen and oxygen atoms in total. The second-order valence-corrected chi connectivity index (χ2v) is 10.4. The maximum atomic E-state index is 13.9. The molecule has 0 spiro atoms. The molecule has 8 heteroatoms. The summed E-state index contributed by atoms with van der Waals surface area (Å²) in [6, 6.07) is 23.8. The minimum Gasteiger partial charge on any atom is -0.489 e. The van der Waals surface area contributed by atoms with Gasteiger partial charge < -0.3 is 4.74 Å². The number of thiocarbonyl (C=S) groups is 1. The van der Waals surface area contributed by atoms with Crippen molar-refractivity contribution < 1.29 is 13.9 Å². The van der Waals surface area contributed by atoms with Crippen LogP contribution in [0.2, 0.25) is 0 Å². The van der Waals surface area contributed by atoms with Crippen LogP contribution in [-0.2, 0) is 11.4 Å². The summed E-state index contributed by atoms with van der Waals surface area (Å²) in [5.41, 5.74) is 3.78. The summed E-state index contributed by atoms with van der Waals surface area (Å²) in [5.74, 6) is 0.229. The molecule has 0 aliphatic carbocycles. The zero-order chi connectivity index (χ0) is 25.9. The van der Waals surface area contributed by atoms with Crippen LogP contribution in [0.15, 0.2) is 90.0 Å². The third-order valence-corrected chi connectivity index (χ3v) is 7.20. The van der Waals surface area contributed by atoms with Gasteiger partial charge in [-0.15, -0.1) is 0 Å². The fourth-order valence-electron chi connectivity index (χ4n) is 3.98. The zero-order valence-electron chi connectivity index (χ0n) is 20.3. The molecule has 0 N–H and O–H groups in total. The number of thioether (sulfide) groups is 1. The first-order valence-corrected chi connectivity index (χ1v) is 13.0. The Kier molecular flexibility index (Phi) is 7.21. The summed E-state index contributed by atoms with van der Waals surface area (Å²) in [6.45, 7) is 4.03. The highest BCUT2D eigenvalue weighted by molar-refractivity contribution is 8.26. The number of carbonyl (C=O) groups is 1. The molecule has 0 bridgehead atoms. The number of aromatic nitrogens is 2. The third-order valence-electron chi connectivity index (χ3n) is 5.87. The molecule has 0 atom stereocenters. The molecule has 0 radical (unpaired) electrons. The van der Waals surface area contributed by atoms with Gasteiger partial charge in [0.15, 0.2) is 0 Å². The zero-order valence-corrected chi connectivity index (χ0v) is 21.9. The van der Waals surface area contributed by atoms with E-state index in [9.17, 15) is 9.18 Å². The first-order chi connectivity index (χ1) is 17.9. The van der Waals surface area contributed by atoms with Crippen molar-refractivity contribution in [2.45, 2.75) is 26.5 Å². The van der Waals surface area contributed by atoms with E-state index < -0.39 is 0 Å². The lowest BCUT2D eigenvalue weighted by Gasteiger charge is -2.18. The van der Waals surface area contributed by atoms with Crippen LogP contribution in [0.5, 0.6) is 5.75 Å². The Morgan fingerprint density at radius 2 is 1.73 bits per heavy atom. The van der Waals surface area contributed by atoms with Gasteiger partial charge in [-0.3, -0.25) is 9.69 Å². The van der Waals surface area contributed by atoms with E-state index in [0.717, 1.165) is 22.5 Å². The van der Waals surface area contributed by atoms with Gasteiger partial charge in [-0.1, -0.05) is 60.4 Å². The van der Waals surface area contributed by atoms with Crippen molar-refractivity contribution in [3.05, 3.63) is 107 Å². The number of para-hydroxylation sites is 1. The van der Waals surface area contributed by atoms with Gasteiger partial charge in [-0.05, 0) is 62.4 Å². The fraction of sp³-hybridized carbons (Fsp3) is 0.138. The molecule has 0 unspecified atom stereocenters. The molecule has 186 valence electrons. The number of amides is 1. The van der Waals surface area contributed by atoms with E-state index in [1.165, 1.54) is 17.8 Å². The number of halogens is 1. The lowest BCUT2D eigenvalue weighted by Crippen LogP contribution is -2.34. The predicted octanol–water partition coefficient (Wildman–Crippen LogP) is 6.87. The molecule has 1 amide bonds. The minimum absolute atomic E-state index is 0.0122. The summed E-state index contributed by atoms with van der Waals surface area (Å²) < 4.78 is 22.1. The maximum absolute atomic E-state index is 13.9. The highest BCUT2D eigenvalue weighted by Crippen LogP contribution is 2.36. The van der Waals surface area contributed by atoms with E-state index in [-0.39, 0.29) is 24.4 Å². The molecular weight excluding hydrogens is 505 g/mol. The summed E-state index contributed by atoms with van der Waals surface area (Å²) >= 11 is 6.75. The van der Waals surface area contributed by atoms with Gasteiger partial charge in [0.25, 0.3) is 5.91 Å². The standard InChI is InChI=1S/C29H24FN3O2S2/c1-19(2)33-28(34)26(37-29(33)36)16-22-17-32(23-9-4-3-5-10-23)31-27(22)20-12-14-24(15-13-20)35-18-21-8-6-7-11-25(21)30/h3-17,19H,18H2,1-2H3. The molecule has 4 aromatic rings. The van der Waals surface area contributed by atoms with E-state index in [0.29, 0.717) is 20.5 Å². The van der Waals surface area contributed by atoms with E-state index >= 15 is 0 Å². The van der Waals surface area contributed by atoms with E-state index in [2.05, 4.69) is 0 Å².